The summed E-state index contributed by atoms with van der Waals surface area (Å²) in [5, 5.41) is 14.7. The summed E-state index contributed by atoms with van der Waals surface area (Å²) in [5.74, 6) is 0.415. The number of anilines is 2. The van der Waals surface area contributed by atoms with Crippen molar-refractivity contribution in [2.24, 2.45) is 0 Å². The van der Waals surface area contributed by atoms with E-state index in [2.05, 4.69) is 20.8 Å². The average Bonchev–Trinajstić information content (AvgIpc) is 3.25. The molecule has 6 nitrogen and oxygen atoms in total. The summed E-state index contributed by atoms with van der Waals surface area (Å²) >= 11 is 1.22. The fourth-order valence-corrected chi connectivity index (χ4v) is 3.95. The molecule has 10 heteroatoms. The first-order valence-electron chi connectivity index (χ1n) is 10.3. The molecule has 0 aliphatic heterocycles. The number of para-hydroxylation sites is 2. The van der Waals surface area contributed by atoms with E-state index in [1.165, 1.54) is 17.8 Å². The fraction of sp³-hybridized carbons (Fsp3) is 0.125. The molecule has 1 amide bonds. The minimum absolute atomic E-state index is 0.112. The van der Waals surface area contributed by atoms with Crippen molar-refractivity contribution in [1.82, 2.24) is 14.8 Å². The highest BCUT2D eigenvalue weighted by Crippen LogP contribution is 2.31. The maximum atomic E-state index is 13.0. The summed E-state index contributed by atoms with van der Waals surface area (Å²) in [4.78, 5) is 12.4. The molecule has 0 saturated heterocycles. The van der Waals surface area contributed by atoms with Crippen LogP contribution in [-0.4, -0.2) is 26.4 Å². The van der Waals surface area contributed by atoms with E-state index >= 15 is 0 Å². The monoisotopic (exact) mass is 483 g/mol. The van der Waals surface area contributed by atoms with E-state index < -0.39 is 11.7 Å². The molecule has 0 fully saturated rings. The molecule has 0 aliphatic carbocycles. The highest BCUT2D eigenvalue weighted by Gasteiger charge is 2.30. The van der Waals surface area contributed by atoms with Gasteiger partial charge in [0, 0.05) is 17.1 Å². The van der Waals surface area contributed by atoms with Crippen LogP contribution >= 0.6 is 11.8 Å². The van der Waals surface area contributed by atoms with Crippen LogP contribution in [0, 0.1) is 0 Å². The Kier molecular flexibility index (Phi) is 7.17. The Labute approximate surface area is 198 Å². The maximum Gasteiger partial charge on any atom is 0.416 e. The third-order valence-corrected chi connectivity index (χ3v) is 5.67. The smallest absolute Gasteiger partial charge is 0.378 e. The first kappa shape index (κ1) is 23.4. The van der Waals surface area contributed by atoms with Gasteiger partial charge >= 0.3 is 6.18 Å². The minimum Gasteiger partial charge on any atom is -0.378 e. The largest absolute Gasteiger partial charge is 0.416 e. The van der Waals surface area contributed by atoms with Gasteiger partial charge in [0.1, 0.15) is 0 Å². The van der Waals surface area contributed by atoms with Gasteiger partial charge in [-0.25, -0.2) is 0 Å². The third kappa shape index (κ3) is 5.96. The molecule has 2 N–H and O–H groups in total. The Morgan fingerprint density at radius 3 is 2.26 bits per heavy atom. The summed E-state index contributed by atoms with van der Waals surface area (Å²) in [6.07, 6.45) is -4.42. The van der Waals surface area contributed by atoms with Crippen molar-refractivity contribution >= 4 is 29.0 Å². The van der Waals surface area contributed by atoms with Gasteiger partial charge in [-0.05, 0) is 42.5 Å². The zero-order chi connectivity index (χ0) is 24.0. The van der Waals surface area contributed by atoms with Crippen molar-refractivity contribution in [2.75, 3.05) is 16.4 Å². The summed E-state index contributed by atoms with van der Waals surface area (Å²) in [7, 11) is 0. The van der Waals surface area contributed by atoms with E-state index in [-0.39, 0.29) is 18.2 Å². The number of alkyl halides is 3. The lowest BCUT2D eigenvalue weighted by Gasteiger charge is -2.13. The molecule has 0 saturated carbocycles. The first-order valence-corrected chi connectivity index (χ1v) is 11.3. The zero-order valence-corrected chi connectivity index (χ0v) is 18.6. The van der Waals surface area contributed by atoms with Crippen LogP contribution in [0.5, 0.6) is 0 Å². The highest BCUT2D eigenvalue weighted by atomic mass is 32.2. The van der Waals surface area contributed by atoms with Crippen LogP contribution in [0.3, 0.4) is 0 Å². The molecule has 1 heterocycles. The number of aromatic nitrogens is 3. The van der Waals surface area contributed by atoms with Crippen molar-refractivity contribution in [3.05, 3.63) is 96.3 Å². The summed E-state index contributed by atoms with van der Waals surface area (Å²) < 4.78 is 40.8. The van der Waals surface area contributed by atoms with E-state index in [0.717, 1.165) is 17.8 Å². The summed E-state index contributed by atoms with van der Waals surface area (Å²) in [6.45, 7) is 0.139. The van der Waals surface area contributed by atoms with Gasteiger partial charge in [0.25, 0.3) is 0 Å². The van der Waals surface area contributed by atoms with Gasteiger partial charge in [-0.2, -0.15) is 13.2 Å². The van der Waals surface area contributed by atoms with Gasteiger partial charge in [-0.15, -0.1) is 10.2 Å². The highest BCUT2D eigenvalue weighted by molar-refractivity contribution is 7.99. The van der Waals surface area contributed by atoms with Crippen molar-refractivity contribution in [2.45, 2.75) is 17.9 Å². The maximum absolute atomic E-state index is 13.0. The number of nitrogens with zero attached hydrogens (tertiary/aromatic N) is 3. The number of carbonyl (C=O) groups excluding carboxylic acids is 1. The van der Waals surface area contributed by atoms with Crippen molar-refractivity contribution in [1.29, 1.82) is 0 Å². The number of hydrogen-bond acceptors (Lipinski definition) is 5. The van der Waals surface area contributed by atoms with Crippen LogP contribution in [0.15, 0.2) is 90.1 Å². The third-order valence-electron chi connectivity index (χ3n) is 4.75. The molecule has 4 rings (SSSR count). The Bertz CT molecular complexity index is 1250. The Morgan fingerprint density at radius 2 is 1.56 bits per heavy atom. The first-order chi connectivity index (χ1) is 16.4. The Hall–Kier alpha value is -3.79. The van der Waals surface area contributed by atoms with Crippen LogP contribution in [0.1, 0.15) is 11.4 Å². The lowest BCUT2D eigenvalue weighted by atomic mass is 10.2. The molecule has 0 bridgehead atoms. The normalized spacial score (nSPS) is 11.3. The number of halogens is 3. The van der Waals surface area contributed by atoms with E-state index in [0.29, 0.717) is 22.4 Å². The fourth-order valence-electron chi connectivity index (χ4n) is 3.18. The molecule has 0 aliphatic rings. The van der Waals surface area contributed by atoms with Crippen molar-refractivity contribution < 1.29 is 18.0 Å². The number of rotatable bonds is 8. The lowest BCUT2D eigenvalue weighted by Crippen LogP contribution is -2.14. The lowest BCUT2D eigenvalue weighted by molar-refractivity contribution is -0.137. The number of amides is 1. The quantitative estimate of drug-likeness (QED) is 0.318. The summed E-state index contributed by atoms with van der Waals surface area (Å²) in [6, 6.07) is 23.4. The molecule has 1 aromatic heterocycles. The van der Waals surface area contributed by atoms with Crippen LogP contribution in [0.4, 0.5) is 24.5 Å². The van der Waals surface area contributed by atoms with Gasteiger partial charge in [0.2, 0.25) is 5.91 Å². The van der Waals surface area contributed by atoms with E-state index in [1.54, 1.807) is 22.8 Å². The molecule has 34 heavy (non-hydrogen) atoms. The SMILES string of the molecule is O=C(CSc1nnc(CNc2cccc(C(F)(F)F)c2)n1-c1ccccc1)Nc1ccccc1. The number of carbonyl (C=O) groups is 1. The molecule has 3 aromatic carbocycles. The molecule has 0 atom stereocenters. The molecular formula is C24H20F3N5OS. The second-order valence-electron chi connectivity index (χ2n) is 7.20. The second-order valence-corrected chi connectivity index (χ2v) is 8.15. The van der Waals surface area contributed by atoms with Crippen LogP contribution in [-0.2, 0) is 17.5 Å². The van der Waals surface area contributed by atoms with Gasteiger partial charge in [0.05, 0.1) is 17.9 Å². The molecule has 0 radical (unpaired) electrons. The van der Waals surface area contributed by atoms with Crippen molar-refractivity contribution in [3.63, 3.8) is 0 Å². The predicted molar refractivity (Wildman–Crippen MR) is 126 cm³/mol. The molecule has 4 aromatic rings. The van der Waals surface area contributed by atoms with E-state index in [9.17, 15) is 18.0 Å². The molecule has 0 unspecified atom stereocenters. The number of nitrogens with one attached hydrogen (secondary N) is 2. The van der Waals surface area contributed by atoms with Crippen LogP contribution in [0.25, 0.3) is 5.69 Å². The molecule has 0 spiro atoms. The summed E-state index contributed by atoms with van der Waals surface area (Å²) in [5.41, 5.74) is 1.06. The minimum atomic E-state index is -4.42. The number of thioether (sulfide) groups is 1. The average molecular weight is 484 g/mol. The van der Waals surface area contributed by atoms with E-state index in [1.807, 2.05) is 48.5 Å². The van der Waals surface area contributed by atoms with Gasteiger partial charge < -0.3 is 10.6 Å². The predicted octanol–water partition coefficient (Wildman–Crippen LogP) is 5.63. The molecule has 174 valence electrons. The topological polar surface area (TPSA) is 71.8 Å². The second kappa shape index (κ2) is 10.4. The van der Waals surface area contributed by atoms with E-state index in [4.69, 9.17) is 0 Å². The Morgan fingerprint density at radius 1 is 0.882 bits per heavy atom. The molecular weight excluding hydrogens is 463 g/mol. The van der Waals surface area contributed by atoms with Crippen molar-refractivity contribution in [3.8, 4) is 5.69 Å². The standard InChI is InChI=1S/C24H20F3N5OS/c25-24(26,27)17-8-7-11-19(14-17)28-15-21-30-31-23(32(21)20-12-5-2-6-13-20)34-16-22(33)29-18-9-3-1-4-10-18/h1-14,28H,15-16H2,(H,29,33). The van der Waals surface area contributed by atoms with Gasteiger partial charge in [0.15, 0.2) is 11.0 Å². The Balaban J connectivity index is 1.50. The zero-order valence-electron chi connectivity index (χ0n) is 17.8. The van der Waals surface area contributed by atoms with Gasteiger partial charge in [-0.3, -0.25) is 9.36 Å². The van der Waals surface area contributed by atoms with Gasteiger partial charge in [-0.1, -0.05) is 54.2 Å². The number of benzene rings is 3. The van der Waals surface area contributed by atoms with Crippen LogP contribution in [0.2, 0.25) is 0 Å². The van der Waals surface area contributed by atoms with Crippen LogP contribution < -0.4 is 10.6 Å². The number of hydrogen-bond donors (Lipinski definition) is 2.